The van der Waals surface area contributed by atoms with Gasteiger partial charge in [0, 0.05) is 6.04 Å². The van der Waals surface area contributed by atoms with Gasteiger partial charge in [0.25, 0.3) is 0 Å². The number of ketones is 1. The Hall–Kier alpha value is -2.80. The minimum atomic E-state index is -3.64. The van der Waals surface area contributed by atoms with Crippen LogP contribution in [0.4, 0.5) is 0 Å². The van der Waals surface area contributed by atoms with Gasteiger partial charge in [-0.2, -0.15) is 0 Å². The first-order chi connectivity index (χ1) is 16.4. The van der Waals surface area contributed by atoms with Crippen LogP contribution in [-0.2, 0) is 20.2 Å². The van der Waals surface area contributed by atoms with E-state index in [9.17, 15) is 13.2 Å². The van der Waals surface area contributed by atoms with Crippen molar-refractivity contribution in [3.8, 4) is 0 Å². The highest BCUT2D eigenvalue weighted by molar-refractivity contribution is 7.89. The van der Waals surface area contributed by atoms with Crippen LogP contribution in [0.1, 0.15) is 43.4 Å². The van der Waals surface area contributed by atoms with Gasteiger partial charge in [0.05, 0.1) is 10.3 Å². The fourth-order valence-corrected chi connectivity index (χ4v) is 6.19. The Morgan fingerprint density at radius 2 is 1.41 bits per heavy atom. The van der Waals surface area contributed by atoms with Gasteiger partial charge in [0.1, 0.15) is 5.78 Å². The molecule has 1 aliphatic rings. The van der Waals surface area contributed by atoms with E-state index in [1.165, 1.54) is 0 Å². The second kappa shape index (κ2) is 10.6. The second-order valence-corrected chi connectivity index (χ2v) is 10.7. The predicted octanol–water partition coefficient (Wildman–Crippen LogP) is 4.72. The molecule has 178 valence electrons. The summed E-state index contributed by atoms with van der Waals surface area (Å²) in [6, 6.07) is 28.0. The van der Waals surface area contributed by atoms with Crippen LogP contribution in [-0.4, -0.2) is 38.7 Å². The third kappa shape index (κ3) is 5.46. The molecule has 0 saturated carbocycles. The number of benzene rings is 3. The monoisotopic (exact) mass is 476 g/mol. The zero-order chi connectivity index (χ0) is 24.0. The Balaban J connectivity index is 1.45. The number of sulfonamides is 1. The van der Waals surface area contributed by atoms with Gasteiger partial charge in [-0.15, -0.1) is 0 Å². The maximum absolute atomic E-state index is 13.0. The lowest BCUT2D eigenvalue weighted by molar-refractivity contribution is -0.124. The number of carbonyl (C=O) groups is 1. The average Bonchev–Trinajstić information content (AvgIpc) is 2.88. The van der Waals surface area contributed by atoms with E-state index in [1.807, 2.05) is 48.5 Å². The summed E-state index contributed by atoms with van der Waals surface area (Å²) < 4.78 is 29.0. The fourth-order valence-electron chi connectivity index (χ4n) is 4.91. The number of nitrogens with one attached hydrogen (secondary N) is 1. The molecule has 0 radical (unpaired) electrons. The third-order valence-electron chi connectivity index (χ3n) is 7.00. The van der Waals surface area contributed by atoms with Gasteiger partial charge in [-0.05, 0) is 69.1 Å². The smallest absolute Gasteiger partial charge is 0.241 e. The van der Waals surface area contributed by atoms with Crippen molar-refractivity contribution >= 4 is 15.8 Å². The minimum Gasteiger partial charge on any atom is -0.303 e. The van der Waals surface area contributed by atoms with Crippen LogP contribution in [0, 0.1) is 0 Å². The lowest BCUT2D eigenvalue weighted by atomic mass is 9.70. The molecule has 1 aliphatic heterocycles. The number of rotatable bonds is 9. The lowest BCUT2D eigenvalue weighted by Crippen LogP contribution is -2.47. The van der Waals surface area contributed by atoms with Gasteiger partial charge in [0.2, 0.25) is 10.0 Å². The zero-order valence-corrected chi connectivity index (χ0v) is 20.4. The molecule has 1 atom stereocenters. The molecule has 0 bridgehead atoms. The van der Waals surface area contributed by atoms with Crippen molar-refractivity contribution in [3.05, 3.63) is 102 Å². The fraction of sp³-hybridized carbons (Fsp3) is 0.321. The molecule has 1 fully saturated rings. The van der Waals surface area contributed by atoms with Crippen LogP contribution in [0.2, 0.25) is 0 Å². The molecule has 1 heterocycles. The van der Waals surface area contributed by atoms with Crippen molar-refractivity contribution < 1.29 is 13.2 Å². The highest BCUT2D eigenvalue weighted by atomic mass is 32.2. The van der Waals surface area contributed by atoms with Crippen molar-refractivity contribution in [3.63, 3.8) is 0 Å². The van der Waals surface area contributed by atoms with Crippen molar-refractivity contribution in [2.24, 2.45) is 0 Å². The zero-order valence-electron chi connectivity index (χ0n) is 19.6. The van der Waals surface area contributed by atoms with Crippen molar-refractivity contribution in [1.82, 2.24) is 9.62 Å². The first kappa shape index (κ1) is 24.3. The van der Waals surface area contributed by atoms with Crippen LogP contribution in [0.15, 0.2) is 95.9 Å². The van der Waals surface area contributed by atoms with Gasteiger partial charge in [0.15, 0.2) is 0 Å². The first-order valence-electron chi connectivity index (χ1n) is 11.8. The summed E-state index contributed by atoms with van der Waals surface area (Å²) in [6.07, 6.45) is 2.20. The summed E-state index contributed by atoms with van der Waals surface area (Å²) in [4.78, 5) is 15.3. The van der Waals surface area contributed by atoms with Gasteiger partial charge in [-0.1, -0.05) is 78.9 Å². The average molecular weight is 477 g/mol. The largest absolute Gasteiger partial charge is 0.303 e. The van der Waals surface area contributed by atoms with E-state index < -0.39 is 15.4 Å². The molecule has 3 aromatic carbocycles. The summed E-state index contributed by atoms with van der Waals surface area (Å²) >= 11 is 0. The van der Waals surface area contributed by atoms with E-state index >= 15 is 0 Å². The number of hydrogen-bond acceptors (Lipinski definition) is 4. The second-order valence-electron chi connectivity index (χ2n) is 9.03. The van der Waals surface area contributed by atoms with Crippen molar-refractivity contribution in [1.29, 1.82) is 0 Å². The molecule has 0 aliphatic carbocycles. The molecule has 1 unspecified atom stereocenters. The normalized spacial score (nSPS) is 17.2. The Morgan fingerprint density at radius 3 is 1.97 bits per heavy atom. The number of likely N-dealkylation sites (tertiary alicyclic amines) is 1. The Kier molecular flexibility index (Phi) is 7.61. The molecule has 1 N–H and O–H groups in total. The maximum Gasteiger partial charge on any atom is 0.241 e. The number of piperidine rings is 1. The van der Waals surface area contributed by atoms with E-state index in [0.29, 0.717) is 6.42 Å². The quantitative estimate of drug-likeness (QED) is 0.485. The SMILES string of the molecule is CC(=O)C1(c2ccccc2)CCN(CCC(NS(=O)(=O)c2ccccc2)c2ccccc2)CC1. The van der Waals surface area contributed by atoms with E-state index in [0.717, 1.165) is 43.6 Å². The van der Waals surface area contributed by atoms with Gasteiger partial charge in [-0.25, -0.2) is 13.1 Å². The van der Waals surface area contributed by atoms with E-state index in [4.69, 9.17) is 0 Å². The molecule has 34 heavy (non-hydrogen) atoms. The van der Waals surface area contributed by atoms with Crippen LogP contribution in [0.5, 0.6) is 0 Å². The molecule has 5 nitrogen and oxygen atoms in total. The number of nitrogens with zero attached hydrogens (tertiary/aromatic N) is 1. The van der Waals surface area contributed by atoms with Gasteiger partial charge >= 0.3 is 0 Å². The van der Waals surface area contributed by atoms with Crippen molar-refractivity contribution in [2.45, 2.75) is 42.5 Å². The van der Waals surface area contributed by atoms with Crippen LogP contribution in [0.3, 0.4) is 0 Å². The highest BCUT2D eigenvalue weighted by Gasteiger charge is 2.40. The summed E-state index contributed by atoms with van der Waals surface area (Å²) in [5.74, 6) is 0.219. The van der Waals surface area contributed by atoms with E-state index in [-0.39, 0.29) is 16.7 Å². The highest BCUT2D eigenvalue weighted by Crippen LogP contribution is 2.36. The Bertz CT molecular complexity index is 1170. The van der Waals surface area contributed by atoms with E-state index in [2.05, 4.69) is 21.8 Å². The molecule has 1 saturated heterocycles. The molecule has 0 spiro atoms. The Labute approximate surface area is 202 Å². The molecular formula is C28H32N2O3S. The first-order valence-corrected chi connectivity index (χ1v) is 13.3. The summed E-state index contributed by atoms with van der Waals surface area (Å²) in [5.41, 5.74) is 1.62. The van der Waals surface area contributed by atoms with Crippen molar-refractivity contribution in [2.75, 3.05) is 19.6 Å². The van der Waals surface area contributed by atoms with Gasteiger partial charge < -0.3 is 4.90 Å². The standard InChI is InChI=1S/C28H32N2O3S/c1-23(31)28(25-13-7-3-8-14-25)18-21-30(22-19-28)20-17-27(24-11-5-2-6-12-24)29-34(32,33)26-15-9-4-10-16-26/h2-16,27,29H,17-22H2,1H3. The van der Waals surface area contributed by atoms with E-state index in [1.54, 1.807) is 37.3 Å². The molecule has 3 aromatic rings. The van der Waals surface area contributed by atoms with Crippen LogP contribution < -0.4 is 4.72 Å². The summed E-state index contributed by atoms with van der Waals surface area (Å²) in [6.45, 7) is 4.06. The topological polar surface area (TPSA) is 66.5 Å². The Morgan fingerprint density at radius 1 is 0.882 bits per heavy atom. The molecule has 6 heteroatoms. The summed E-state index contributed by atoms with van der Waals surface area (Å²) in [5, 5.41) is 0. The maximum atomic E-state index is 13.0. The van der Waals surface area contributed by atoms with Crippen LogP contribution in [0.25, 0.3) is 0 Å². The molecular weight excluding hydrogens is 444 g/mol. The number of carbonyl (C=O) groups excluding carboxylic acids is 1. The molecule has 4 rings (SSSR count). The number of Topliss-reactive ketones (excluding diaryl/α,β-unsaturated/α-hetero) is 1. The minimum absolute atomic E-state index is 0.219. The summed E-state index contributed by atoms with van der Waals surface area (Å²) in [7, 11) is -3.64. The molecule has 0 amide bonds. The third-order valence-corrected chi connectivity index (χ3v) is 8.48. The lowest BCUT2D eigenvalue weighted by Gasteiger charge is -2.41. The number of hydrogen-bond donors (Lipinski definition) is 1. The predicted molar refractivity (Wildman–Crippen MR) is 135 cm³/mol. The van der Waals surface area contributed by atoms with Crippen LogP contribution >= 0.6 is 0 Å². The van der Waals surface area contributed by atoms with Gasteiger partial charge in [-0.3, -0.25) is 4.79 Å². The molecule has 0 aromatic heterocycles.